The highest BCUT2D eigenvalue weighted by molar-refractivity contribution is 5.01. The number of hydrogen-bond acceptors (Lipinski definition) is 4. The van der Waals surface area contributed by atoms with Crippen molar-refractivity contribution in [3.63, 3.8) is 0 Å². The summed E-state index contributed by atoms with van der Waals surface area (Å²) < 4.78 is 11.9. The van der Waals surface area contributed by atoms with Crippen molar-refractivity contribution >= 4 is 0 Å². The zero-order valence-electron chi connectivity index (χ0n) is 11.0. The van der Waals surface area contributed by atoms with Crippen LogP contribution in [0.3, 0.4) is 0 Å². The van der Waals surface area contributed by atoms with Crippen LogP contribution in [0.1, 0.15) is 32.6 Å². The number of hydrogen-bond donors (Lipinski definition) is 2. The average molecular weight is 256 g/mol. The zero-order chi connectivity index (χ0) is 12.8. The lowest BCUT2D eigenvalue weighted by molar-refractivity contribution is -0.260. The van der Waals surface area contributed by atoms with Gasteiger partial charge < -0.3 is 19.7 Å². The van der Waals surface area contributed by atoms with E-state index in [-0.39, 0.29) is 18.6 Å². The van der Waals surface area contributed by atoms with Gasteiger partial charge in [-0.2, -0.15) is 0 Å². The number of aliphatic hydroxyl groups is 2. The SMILES string of the molecule is C[C@H]1C[C@H](O)[C@H](CO)[C@H]2CCCC3(OCCO3)C12. The molecule has 3 aliphatic rings. The van der Waals surface area contributed by atoms with E-state index in [1.165, 1.54) is 0 Å². The molecule has 1 spiro atoms. The summed E-state index contributed by atoms with van der Waals surface area (Å²) in [6.07, 6.45) is 3.49. The van der Waals surface area contributed by atoms with E-state index in [4.69, 9.17) is 9.47 Å². The Morgan fingerprint density at radius 1 is 1.28 bits per heavy atom. The van der Waals surface area contributed by atoms with Crippen LogP contribution in [0.15, 0.2) is 0 Å². The van der Waals surface area contributed by atoms with E-state index in [0.717, 1.165) is 25.7 Å². The Balaban J connectivity index is 1.90. The van der Waals surface area contributed by atoms with Gasteiger partial charge in [0.2, 0.25) is 0 Å². The van der Waals surface area contributed by atoms with Crippen molar-refractivity contribution in [3.05, 3.63) is 0 Å². The summed E-state index contributed by atoms with van der Waals surface area (Å²) in [6.45, 7) is 3.63. The quantitative estimate of drug-likeness (QED) is 0.739. The molecule has 4 heteroatoms. The van der Waals surface area contributed by atoms with Crippen molar-refractivity contribution in [2.24, 2.45) is 23.7 Å². The fourth-order valence-electron chi connectivity index (χ4n) is 4.64. The summed E-state index contributed by atoms with van der Waals surface area (Å²) in [4.78, 5) is 0. The van der Waals surface area contributed by atoms with Crippen LogP contribution in [0, 0.1) is 23.7 Å². The highest BCUT2D eigenvalue weighted by Crippen LogP contribution is 2.53. The van der Waals surface area contributed by atoms with Crippen LogP contribution in [0.5, 0.6) is 0 Å². The Labute approximate surface area is 108 Å². The normalized spacial score (nSPS) is 47.2. The lowest BCUT2D eigenvalue weighted by atomic mass is 9.58. The van der Waals surface area contributed by atoms with Gasteiger partial charge in [0.25, 0.3) is 0 Å². The van der Waals surface area contributed by atoms with Crippen LogP contribution in [0.2, 0.25) is 0 Å². The first-order valence-electron chi connectivity index (χ1n) is 7.25. The fourth-order valence-corrected chi connectivity index (χ4v) is 4.64. The number of rotatable bonds is 1. The molecule has 0 radical (unpaired) electrons. The van der Waals surface area contributed by atoms with Crippen LogP contribution in [-0.2, 0) is 9.47 Å². The van der Waals surface area contributed by atoms with Gasteiger partial charge in [0.05, 0.1) is 19.3 Å². The van der Waals surface area contributed by atoms with Crippen molar-refractivity contribution in [2.45, 2.75) is 44.5 Å². The van der Waals surface area contributed by atoms with Gasteiger partial charge in [-0.3, -0.25) is 0 Å². The molecule has 4 nitrogen and oxygen atoms in total. The molecule has 3 fully saturated rings. The van der Waals surface area contributed by atoms with Gasteiger partial charge in [0, 0.05) is 24.9 Å². The van der Waals surface area contributed by atoms with Crippen molar-refractivity contribution in [2.75, 3.05) is 19.8 Å². The van der Waals surface area contributed by atoms with Crippen LogP contribution in [0.4, 0.5) is 0 Å². The highest BCUT2D eigenvalue weighted by Gasteiger charge is 2.56. The van der Waals surface area contributed by atoms with Gasteiger partial charge in [-0.1, -0.05) is 6.92 Å². The maximum Gasteiger partial charge on any atom is 0.171 e. The molecule has 1 saturated heterocycles. The highest BCUT2D eigenvalue weighted by atomic mass is 16.7. The van der Waals surface area contributed by atoms with Gasteiger partial charge in [-0.25, -0.2) is 0 Å². The Hall–Kier alpha value is -0.160. The lowest BCUT2D eigenvalue weighted by Gasteiger charge is -2.53. The first-order valence-corrected chi connectivity index (χ1v) is 7.25. The lowest BCUT2D eigenvalue weighted by Crippen LogP contribution is -2.56. The minimum Gasteiger partial charge on any atom is -0.396 e. The molecule has 5 atom stereocenters. The maximum absolute atomic E-state index is 10.2. The number of ether oxygens (including phenoxy) is 2. The van der Waals surface area contributed by atoms with E-state index in [0.29, 0.717) is 31.0 Å². The molecule has 1 unspecified atom stereocenters. The molecule has 1 heterocycles. The standard InChI is InChI=1S/C14H24O4/c1-9-7-12(16)11(8-15)10-3-2-4-14(13(9)10)17-5-6-18-14/h9-13,15-16H,2-8H2,1H3/t9-,10+,11+,12-,13?/m0/s1. The fraction of sp³-hybridized carbons (Fsp3) is 1.00. The molecule has 104 valence electrons. The molecular weight excluding hydrogens is 232 g/mol. The van der Waals surface area contributed by atoms with Crippen LogP contribution < -0.4 is 0 Å². The molecular formula is C14H24O4. The summed E-state index contributed by atoms with van der Waals surface area (Å²) in [5.41, 5.74) is 0. The molecule has 2 aliphatic carbocycles. The number of aliphatic hydroxyl groups excluding tert-OH is 2. The van der Waals surface area contributed by atoms with Crippen LogP contribution in [-0.4, -0.2) is 41.9 Å². The monoisotopic (exact) mass is 256 g/mol. The molecule has 0 aromatic carbocycles. The largest absolute Gasteiger partial charge is 0.396 e. The van der Waals surface area contributed by atoms with E-state index in [9.17, 15) is 10.2 Å². The third-order valence-corrected chi connectivity index (χ3v) is 5.29. The van der Waals surface area contributed by atoms with Crippen molar-refractivity contribution < 1.29 is 19.7 Å². The van der Waals surface area contributed by atoms with E-state index in [2.05, 4.69) is 6.92 Å². The number of fused-ring (bicyclic) bond motifs is 2. The first-order chi connectivity index (χ1) is 8.68. The second kappa shape index (κ2) is 4.75. The predicted molar refractivity (Wildman–Crippen MR) is 65.8 cm³/mol. The predicted octanol–water partition coefficient (Wildman–Crippen LogP) is 1.16. The third-order valence-electron chi connectivity index (χ3n) is 5.29. The topological polar surface area (TPSA) is 58.9 Å². The molecule has 0 aromatic rings. The third kappa shape index (κ3) is 1.82. The molecule has 1 aliphatic heterocycles. The second-order valence-corrected chi connectivity index (χ2v) is 6.22. The molecule has 0 aromatic heterocycles. The van der Waals surface area contributed by atoms with E-state index >= 15 is 0 Å². The van der Waals surface area contributed by atoms with E-state index in [1.807, 2.05) is 0 Å². The minimum absolute atomic E-state index is 0.00354. The van der Waals surface area contributed by atoms with Gasteiger partial charge in [-0.15, -0.1) is 0 Å². The molecule has 2 N–H and O–H groups in total. The Morgan fingerprint density at radius 3 is 2.67 bits per heavy atom. The molecule has 18 heavy (non-hydrogen) atoms. The van der Waals surface area contributed by atoms with E-state index in [1.54, 1.807) is 0 Å². The van der Waals surface area contributed by atoms with Crippen molar-refractivity contribution in [3.8, 4) is 0 Å². The molecule has 3 rings (SSSR count). The smallest absolute Gasteiger partial charge is 0.171 e. The minimum atomic E-state index is -0.421. The van der Waals surface area contributed by atoms with Gasteiger partial charge in [0.1, 0.15) is 0 Å². The average Bonchev–Trinajstić information content (AvgIpc) is 2.78. The summed E-state index contributed by atoms with van der Waals surface area (Å²) >= 11 is 0. The summed E-state index contributed by atoms with van der Waals surface area (Å²) in [5, 5.41) is 19.7. The Kier molecular flexibility index (Phi) is 3.39. The van der Waals surface area contributed by atoms with Crippen molar-refractivity contribution in [1.82, 2.24) is 0 Å². The summed E-state index contributed by atoms with van der Waals surface area (Å²) in [6, 6.07) is 0. The van der Waals surface area contributed by atoms with Gasteiger partial charge >= 0.3 is 0 Å². The summed E-state index contributed by atoms with van der Waals surface area (Å²) in [7, 11) is 0. The van der Waals surface area contributed by atoms with Crippen LogP contribution >= 0.6 is 0 Å². The van der Waals surface area contributed by atoms with Gasteiger partial charge in [0.15, 0.2) is 5.79 Å². The van der Waals surface area contributed by atoms with Crippen LogP contribution in [0.25, 0.3) is 0 Å². The second-order valence-electron chi connectivity index (χ2n) is 6.22. The first kappa shape index (κ1) is 12.9. The summed E-state index contributed by atoms with van der Waals surface area (Å²) in [5.74, 6) is 0.632. The van der Waals surface area contributed by atoms with Gasteiger partial charge in [-0.05, 0) is 31.1 Å². The van der Waals surface area contributed by atoms with Crippen molar-refractivity contribution in [1.29, 1.82) is 0 Å². The Morgan fingerprint density at radius 2 is 2.00 bits per heavy atom. The molecule has 0 amide bonds. The molecule has 0 bridgehead atoms. The Bertz CT molecular complexity index is 300. The van der Waals surface area contributed by atoms with E-state index < -0.39 is 5.79 Å². The molecule has 2 saturated carbocycles. The maximum atomic E-state index is 10.2. The zero-order valence-corrected chi connectivity index (χ0v) is 11.0.